The number of methoxy groups -OCH3 is 2. The van der Waals surface area contributed by atoms with Crippen LogP contribution in [0.1, 0.15) is 28.3 Å². The summed E-state index contributed by atoms with van der Waals surface area (Å²) >= 11 is 0. The lowest BCUT2D eigenvalue weighted by Crippen LogP contribution is -2.30. The molecule has 0 unspecified atom stereocenters. The average Bonchev–Trinajstić information content (AvgIpc) is 2.88. The van der Waals surface area contributed by atoms with Crippen LogP contribution in [0, 0.1) is 6.92 Å². The molecule has 1 fully saturated rings. The fourth-order valence-corrected chi connectivity index (χ4v) is 3.33. The zero-order valence-corrected chi connectivity index (χ0v) is 15.7. The minimum atomic E-state index is -0.348. The molecule has 0 aliphatic carbocycles. The summed E-state index contributed by atoms with van der Waals surface area (Å²) in [5, 5.41) is 0. The molecule has 1 aliphatic heterocycles. The molecule has 2 heterocycles. The Labute approximate surface area is 154 Å². The molecule has 6 nitrogen and oxygen atoms in total. The second kappa shape index (κ2) is 8.27. The van der Waals surface area contributed by atoms with Crippen molar-refractivity contribution in [2.75, 3.05) is 45.3 Å². The number of ether oxygens (including phenoxy) is 2. The zero-order valence-electron chi connectivity index (χ0n) is 15.7. The van der Waals surface area contributed by atoms with E-state index >= 15 is 0 Å². The molecule has 2 aromatic rings. The van der Waals surface area contributed by atoms with Crippen LogP contribution in [0.2, 0.25) is 0 Å². The van der Waals surface area contributed by atoms with E-state index in [1.165, 1.54) is 12.8 Å². The Bertz CT molecular complexity index is 739. The van der Waals surface area contributed by atoms with Gasteiger partial charge in [0, 0.05) is 31.9 Å². The Morgan fingerprint density at radius 2 is 1.88 bits per heavy atom. The van der Waals surface area contributed by atoms with Gasteiger partial charge in [0.25, 0.3) is 0 Å². The molecule has 140 valence electrons. The minimum Gasteiger partial charge on any atom is -0.497 e. The molecule has 1 aromatic heterocycles. The van der Waals surface area contributed by atoms with Crippen molar-refractivity contribution in [3.8, 4) is 5.75 Å². The standard InChI is InChI=1S/C20H26N2O4/c1-15-19(20(23)25-3)13-18(26-15)14-21-9-4-10-22(12-11-21)16-5-7-17(24-2)8-6-16/h5-8,13H,4,9-12,14H2,1-3H3. The number of carbonyl (C=O) groups is 1. The fourth-order valence-electron chi connectivity index (χ4n) is 3.33. The highest BCUT2D eigenvalue weighted by atomic mass is 16.5. The first-order valence-electron chi connectivity index (χ1n) is 8.89. The lowest BCUT2D eigenvalue weighted by molar-refractivity contribution is 0.0599. The van der Waals surface area contributed by atoms with Crippen LogP contribution >= 0.6 is 0 Å². The van der Waals surface area contributed by atoms with E-state index in [-0.39, 0.29) is 5.97 Å². The van der Waals surface area contributed by atoms with Crippen molar-refractivity contribution in [3.05, 3.63) is 47.4 Å². The summed E-state index contributed by atoms with van der Waals surface area (Å²) in [7, 11) is 3.07. The molecule has 0 N–H and O–H groups in total. The number of hydrogen-bond donors (Lipinski definition) is 0. The van der Waals surface area contributed by atoms with Gasteiger partial charge in [0.05, 0.1) is 20.8 Å². The zero-order chi connectivity index (χ0) is 18.5. The van der Waals surface area contributed by atoms with E-state index in [9.17, 15) is 4.79 Å². The van der Waals surface area contributed by atoms with Crippen LogP contribution in [-0.4, -0.2) is 51.3 Å². The van der Waals surface area contributed by atoms with Crippen molar-refractivity contribution in [1.29, 1.82) is 0 Å². The molecule has 6 heteroatoms. The van der Waals surface area contributed by atoms with Gasteiger partial charge in [0.15, 0.2) is 0 Å². The first kappa shape index (κ1) is 18.3. The summed E-state index contributed by atoms with van der Waals surface area (Å²) in [6.07, 6.45) is 1.08. The smallest absolute Gasteiger partial charge is 0.341 e. The summed E-state index contributed by atoms with van der Waals surface area (Å²) < 4.78 is 15.8. The van der Waals surface area contributed by atoms with Crippen molar-refractivity contribution in [2.45, 2.75) is 19.9 Å². The van der Waals surface area contributed by atoms with Gasteiger partial charge < -0.3 is 18.8 Å². The number of rotatable bonds is 5. The van der Waals surface area contributed by atoms with Gasteiger partial charge in [0.2, 0.25) is 0 Å². The Morgan fingerprint density at radius 1 is 1.12 bits per heavy atom. The third-order valence-electron chi connectivity index (χ3n) is 4.78. The lowest BCUT2D eigenvalue weighted by Gasteiger charge is -2.23. The number of hydrogen-bond acceptors (Lipinski definition) is 6. The average molecular weight is 358 g/mol. The SMILES string of the molecule is COC(=O)c1cc(CN2CCCN(c3ccc(OC)cc3)CC2)oc1C. The Hall–Kier alpha value is -2.47. The molecular formula is C20H26N2O4. The predicted molar refractivity (Wildman–Crippen MR) is 99.9 cm³/mol. The summed E-state index contributed by atoms with van der Waals surface area (Å²) in [6, 6.07) is 10.0. The van der Waals surface area contributed by atoms with E-state index in [0.717, 1.165) is 44.1 Å². The van der Waals surface area contributed by atoms with Gasteiger partial charge in [-0.3, -0.25) is 4.90 Å². The highest BCUT2D eigenvalue weighted by Crippen LogP contribution is 2.22. The first-order valence-corrected chi connectivity index (χ1v) is 8.89. The van der Waals surface area contributed by atoms with Crippen LogP contribution in [0.4, 0.5) is 5.69 Å². The number of aryl methyl sites for hydroxylation is 1. The fraction of sp³-hybridized carbons (Fsp3) is 0.450. The van der Waals surface area contributed by atoms with Gasteiger partial charge in [-0.2, -0.15) is 0 Å². The van der Waals surface area contributed by atoms with E-state index in [4.69, 9.17) is 13.9 Å². The highest BCUT2D eigenvalue weighted by Gasteiger charge is 2.19. The Balaban J connectivity index is 1.61. The molecule has 0 radical (unpaired) electrons. The first-order chi connectivity index (χ1) is 12.6. The van der Waals surface area contributed by atoms with Crippen molar-refractivity contribution in [3.63, 3.8) is 0 Å². The van der Waals surface area contributed by atoms with Crippen LogP contribution in [0.3, 0.4) is 0 Å². The second-order valence-electron chi connectivity index (χ2n) is 6.49. The normalized spacial score (nSPS) is 15.6. The van der Waals surface area contributed by atoms with Gasteiger partial charge >= 0.3 is 5.97 Å². The van der Waals surface area contributed by atoms with Gasteiger partial charge in [0.1, 0.15) is 22.8 Å². The third-order valence-corrected chi connectivity index (χ3v) is 4.78. The molecule has 26 heavy (non-hydrogen) atoms. The number of furan rings is 1. The molecule has 1 aromatic carbocycles. The maximum atomic E-state index is 11.7. The maximum Gasteiger partial charge on any atom is 0.341 e. The largest absolute Gasteiger partial charge is 0.497 e. The number of anilines is 1. The van der Waals surface area contributed by atoms with Crippen LogP contribution < -0.4 is 9.64 Å². The molecular weight excluding hydrogens is 332 g/mol. The van der Waals surface area contributed by atoms with E-state index < -0.39 is 0 Å². The highest BCUT2D eigenvalue weighted by molar-refractivity contribution is 5.90. The van der Waals surface area contributed by atoms with Crippen molar-refractivity contribution in [1.82, 2.24) is 4.90 Å². The van der Waals surface area contributed by atoms with Crippen LogP contribution in [0.25, 0.3) is 0 Å². The maximum absolute atomic E-state index is 11.7. The van der Waals surface area contributed by atoms with Crippen molar-refractivity contribution < 1.29 is 18.7 Å². The molecule has 0 bridgehead atoms. The van der Waals surface area contributed by atoms with E-state index in [0.29, 0.717) is 17.9 Å². The second-order valence-corrected chi connectivity index (χ2v) is 6.49. The monoisotopic (exact) mass is 358 g/mol. The lowest BCUT2D eigenvalue weighted by atomic mass is 10.2. The quantitative estimate of drug-likeness (QED) is 0.766. The van der Waals surface area contributed by atoms with Crippen molar-refractivity contribution in [2.24, 2.45) is 0 Å². The van der Waals surface area contributed by atoms with Gasteiger partial charge in [-0.15, -0.1) is 0 Å². The van der Waals surface area contributed by atoms with Crippen LogP contribution in [0.5, 0.6) is 5.75 Å². The van der Waals surface area contributed by atoms with E-state index in [1.54, 1.807) is 20.1 Å². The Kier molecular flexibility index (Phi) is 5.83. The Morgan fingerprint density at radius 3 is 2.58 bits per heavy atom. The van der Waals surface area contributed by atoms with Gasteiger partial charge in [-0.1, -0.05) is 0 Å². The predicted octanol–water partition coefficient (Wildman–Crippen LogP) is 3.10. The van der Waals surface area contributed by atoms with Crippen LogP contribution in [-0.2, 0) is 11.3 Å². The summed E-state index contributed by atoms with van der Waals surface area (Å²) in [4.78, 5) is 16.5. The van der Waals surface area contributed by atoms with Gasteiger partial charge in [-0.05, 0) is 43.7 Å². The number of nitrogens with zero attached hydrogens (tertiary/aromatic N) is 2. The summed E-state index contributed by atoms with van der Waals surface area (Å²) in [5.74, 6) is 1.95. The number of esters is 1. The number of carbonyl (C=O) groups excluding carboxylic acids is 1. The molecule has 0 atom stereocenters. The number of benzene rings is 1. The van der Waals surface area contributed by atoms with E-state index in [2.05, 4.69) is 21.9 Å². The summed E-state index contributed by atoms with van der Waals surface area (Å²) in [6.45, 7) is 6.42. The molecule has 0 spiro atoms. The molecule has 0 saturated carbocycles. The van der Waals surface area contributed by atoms with Gasteiger partial charge in [-0.25, -0.2) is 4.79 Å². The third kappa shape index (κ3) is 4.19. The van der Waals surface area contributed by atoms with Crippen molar-refractivity contribution >= 4 is 11.7 Å². The summed E-state index contributed by atoms with van der Waals surface area (Å²) in [5.41, 5.74) is 1.73. The molecule has 3 rings (SSSR count). The molecule has 1 saturated heterocycles. The topological polar surface area (TPSA) is 55.2 Å². The van der Waals surface area contributed by atoms with E-state index in [1.807, 2.05) is 12.1 Å². The molecule has 1 aliphatic rings. The molecule has 0 amide bonds. The minimum absolute atomic E-state index is 0.348. The van der Waals surface area contributed by atoms with Crippen LogP contribution in [0.15, 0.2) is 34.7 Å².